The minimum absolute atomic E-state index is 0.240. The molecule has 4 aliphatic rings. The molecule has 0 spiro atoms. The van der Waals surface area contributed by atoms with Gasteiger partial charge in [-0.3, -0.25) is 0 Å². The lowest BCUT2D eigenvalue weighted by Crippen LogP contribution is -2.41. The van der Waals surface area contributed by atoms with E-state index in [0.717, 1.165) is 28.4 Å². The molecule has 4 fully saturated rings. The second kappa shape index (κ2) is 29.7. The quantitative estimate of drug-likeness (QED) is 0.191. The van der Waals surface area contributed by atoms with Crippen molar-refractivity contribution in [2.45, 2.75) is 210 Å². The highest BCUT2D eigenvalue weighted by Crippen LogP contribution is 2.39. The number of nitrogens with two attached hydrogens (primary N) is 1. The minimum Gasteiger partial charge on any atom is -0.399 e. The molecule has 0 atom stereocenters. The average Bonchev–Trinajstić information content (AvgIpc) is 3.86. The second-order valence-electron chi connectivity index (χ2n) is 22.1. The van der Waals surface area contributed by atoms with Crippen molar-refractivity contribution in [2.24, 2.45) is 5.73 Å². The zero-order valence-electron chi connectivity index (χ0n) is 49.0. The molecule has 0 aromatic heterocycles. The van der Waals surface area contributed by atoms with Crippen LogP contribution >= 0.6 is 0 Å². The molecular weight excluding hydrogens is 898 g/mol. The standard InChI is InChI=1S/4C12H17BO2.2C3H8.C2H7N.C2H6O/c4*1-11(2)12(3,4)15-13(14-11)10-8-6-5-7-9-10;2*1-3-2;2*1-2-3/h4*5-9H,1-4H3;2*3H2,1-2H3;2-3H2,1H3;3H,2H2,1H3. The Kier molecular flexibility index (Phi) is 27.6. The fourth-order valence-electron chi connectivity index (χ4n) is 6.36. The number of benzene rings is 4. The van der Waals surface area contributed by atoms with E-state index in [1.165, 1.54) is 12.8 Å². The third-order valence-electron chi connectivity index (χ3n) is 13.3. The zero-order valence-corrected chi connectivity index (χ0v) is 49.0. The van der Waals surface area contributed by atoms with Crippen LogP contribution in [0.2, 0.25) is 0 Å². The number of aliphatic hydroxyl groups is 1. The lowest BCUT2D eigenvalue weighted by molar-refractivity contribution is 0.00578. The summed E-state index contributed by atoms with van der Waals surface area (Å²) >= 11 is 0. The molecule has 0 aliphatic carbocycles. The van der Waals surface area contributed by atoms with E-state index in [4.69, 9.17) is 48.1 Å². The molecule has 10 nitrogen and oxygen atoms in total. The van der Waals surface area contributed by atoms with Gasteiger partial charge in [0, 0.05) is 6.61 Å². The lowest BCUT2D eigenvalue weighted by Gasteiger charge is -2.32. The summed E-state index contributed by atoms with van der Waals surface area (Å²) in [7, 11) is -0.959. The van der Waals surface area contributed by atoms with Gasteiger partial charge in [-0.2, -0.15) is 0 Å². The van der Waals surface area contributed by atoms with Crippen LogP contribution in [0, 0.1) is 0 Å². The minimum atomic E-state index is -0.256. The molecule has 4 aromatic carbocycles. The SMILES string of the molecule is CC1(C)OB(c2ccccc2)OC1(C)C.CC1(C)OB(c2ccccc2)OC1(C)C.CC1(C)OB(c2ccccc2)OC1(C)C.CC1(C)OB(c2ccccc2)OC1(C)C.CCC.CCC.CCN.CCO. The predicted octanol–water partition coefficient (Wildman–Crippen LogP) is 10.7. The molecule has 400 valence electrons. The maximum Gasteiger partial charge on any atom is 0.494 e. The van der Waals surface area contributed by atoms with Crippen LogP contribution in [-0.2, 0) is 37.2 Å². The van der Waals surface area contributed by atoms with Crippen molar-refractivity contribution in [2.75, 3.05) is 13.2 Å². The van der Waals surface area contributed by atoms with E-state index >= 15 is 0 Å². The fraction of sp³-hybridized carbons (Fsp3) is 0.586. The molecular formula is C58H97B4NO9. The summed E-state index contributed by atoms with van der Waals surface area (Å²) in [6, 6.07) is 40.2. The van der Waals surface area contributed by atoms with Crippen molar-refractivity contribution in [1.29, 1.82) is 0 Å². The molecule has 14 heteroatoms. The van der Waals surface area contributed by atoms with Gasteiger partial charge in [-0.1, -0.05) is 169 Å². The number of hydrogen-bond donors (Lipinski definition) is 2. The van der Waals surface area contributed by atoms with Crippen molar-refractivity contribution in [3.05, 3.63) is 121 Å². The third kappa shape index (κ3) is 19.8. The highest BCUT2D eigenvalue weighted by atomic mass is 16.7. The first-order valence-electron chi connectivity index (χ1n) is 26.3. The summed E-state index contributed by atoms with van der Waals surface area (Å²) in [5.41, 5.74) is 7.11. The molecule has 0 amide bonds. The topological polar surface area (TPSA) is 120 Å². The van der Waals surface area contributed by atoms with Crippen LogP contribution < -0.4 is 27.6 Å². The van der Waals surface area contributed by atoms with Crippen LogP contribution in [0.15, 0.2) is 121 Å². The number of hydrogen-bond acceptors (Lipinski definition) is 10. The summed E-state index contributed by atoms with van der Waals surface area (Å²) in [5, 5.41) is 7.57. The van der Waals surface area contributed by atoms with Gasteiger partial charge < -0.3 is 48.1 Å². The summed E-state index contributed by atoms with van der Waals surface area (Å²) in [4.78, 5) is 0. The highest BCUT2D eigenvalue weighted by Gasteiger charge is 2.54. The molecule has 3 N–H and O–H groups in total. The molecule has 0 saturated carbocycles. The molecule has 0 unspecified atom stereocenters. The Morgan fingerprint density at radius 2 is 0.403 bits per heavy atom. The number of aliphatic hydroxyl groups excluding tert-OH is 1. The summed E-state index contributed by atoms with van der Waals surface area (Å²) < 4.78 is 47.4. The Hall–Kier alpha value is -3.26. The first kappa shape index (κ1) is 66.8. The first-order chi connectivity index (χ1) is 33.4. The Morgan fingerprint density at radius 1 is 0.306 bits per heavy atom. The van der Waals surface area contributed by atoms with Gasteiger partial charge in [0.05, 0.1) is 44.8 Å². The molecule has 4 saturated heterocycles. The molecule has 4 aromatic rings. The first-order valence-corrected chi connectivity index (χ1v) is 26.3. The van der Waals surface area contributed by atoms with E-state index in [1.807, 2.05) is 128 Å². The Balaban J connectivity index is 0.000000446. The Labute approximate surface area is 441 Å². The Bertz CT molecular complexity index is 1680. The Morgan fingerprint density at radius 3 is 0.500 bits per heavy atom. The maximum absolute atomic E-state index is 7.57. The van der Waals surface area contributed by atoms with E-state index < -0.39 is 0 Å². The molecule has 0 radical (unpaired) electrons. The van der Waals surface area contributed by atoms with Crippen LogP contribution in [0.4, 0.5) is 0 Å². The summed E-state index contributed by atoms with van der Waals surface area (Å²) in [6.45, 7) is 46.1. The molecule has 8 rings (SSSR count). The monoisotopic (exact) mass is 996 g/mol. The number of rotatable bonds is 4. The van der Waals surface area contributed by atoms with Gasteiger partial charge in [0.1, 0.15) is 0 Å². The molecule has 72 heavy (non-hydrogen) atoms. The lowest BCUT2D eigenvalue weighted by atomic mass is 9.79. The zero-order chi connectivity index (χ0) is 55.2. The third-order valence-corrected chi connectivity index (χ3v) is 13.3. The van der Waals surface area contributed by atoms with E-state index in [-0.39, 0.29) is 79.9 Å². The van der Waals surface area contributed by atoms with Crippen LogP contribution in [0.5, 0.6) is 0 Å². The van der Waals surface area contributed by atoms with Gasteiger partial charge >= 0.3 is 28.5 Å². The average molecular weight is 996 g/mol. The van der Waals surface area contributed by atoms with E-state index in [9.17, 15) is 0 Å². The van der Waals surface area contributed by atoms with E-state index in [0.29, 0.717) is 0 Å². The van der Waals surface area contributed by atoms with Crippen LogP contribution in [0.3, 0.4) is 0 Å². The van der Waals surface area contributed by atoms with Gasteiger partial charge in [0.2, 0.25) is 0 Å². The van der Waals surface area contributed by atoms with Crippen molar-refractivity contribution >= 4 is 50.3 Å². The van der Waals surface area contributed by atoms with Crippen molar-refractivity contribution in [1.82, 2.24) is 0 Å². The van der Waals surface area contributed by atoms with Crippen molar-refractivity contribution in [3.63, 3.8) is 0 Å². The van der Waals surface area contributed by atoms with Gasteiger partial charge in [-0.15, -0.1) is 0 Å². The summed E-state index contributed by atoms with van der Waals surface area (Å²) in [5.74, 6) is 0. The van der Waals surface area contributed by atoms with Gasteiger partial charge in [-0.25, -0.2) is 0 Å². The molecule has 4 aliphatic heterocycles. The maximum atomic E-state index is 7.57. The smallest absolute Gasteiger partial charge is 0.399 e. The largest absolute Gasteiger partial charge is 0.494 e. The van der Waals surface area contributed by atoms with Gasteiger partial charge in [-0.05, 0) is 146 Å². The summed E-state index contributed by atoms with van der Waals surface area (Å²) in [6.07, 6.45) is 2.50. The van der Waals surface area contributed by atoms with Crippen molar-refractivity contribution in [3.8, 4) is 0 Å². The van der Waals surface area contributed by atoms with Crippen LogP contribution in [0.1, 0.15) is 165 Å². The van der Waals surface area contributed by atoms with Crippen molar-refractivity contribution < 1.29 is 42.3 Å². The highest BCUT2D eigenvalue weighted by molar-refractivity contribution is 6.63. The second-order valence-corrected chi connectivity index (χ2v) is 22.1. The normalized spacial score (nSPS) is 20.2. The molecule has 0 bridgehead atoms. The predicted molar refractivity (Wildman–Crippen MR) is 308 cm³/mol. The van der Waals surface area contributed by atoms with E-state index in [1.54, 1.807) is 6.92 Å². The molecule has 4 heterocycles. The van der Waals surface area contributed by atoms with Crippen LogP contribution in [0.25, 0.3) is 0 Å². The van der Waals surface area contributed by atoms with Gasteiger partial charge in [0.25, 0.3) is 0 Å². The van der Waals surface area contributed by atoms with Gasteiger partial charge in [0.15, 0.2) is 0 Å². The van der Waals surface area contributed by atoms with E-state index in [2.05, 4.69) is 138 Å². The fourth-order valence-corrected chi connectivity index (χ4v) is 6.36. The van der Waals surface area contributed by atoms with Crippen LogP contribution in [-0.4, -0.2) is 91.5 Å².